The zero-order valence-electron chi connectivity index (χ0n) is 12.4. The van der Waals surface area contributed by atoms with Gasteiger partial charge in [-0.25, -0.2) is 8.42 Å². The van der Waals surface area contributed by atoms with Crippen LogP contribution in [-0.2, 0) is 16.4 Å². The number of sulfone groups is 1. The van der Waals surface area contributed by atoms with Gasteiger partial charge in [-0.15, -0.1) is 11.3 Å². The number of hydrogen-bond acceptors (Lipinski definition) is 5. The van der Waals surface area contributed by atoms with Crippen LogP contribution in [0.2, 0.25) is 0 Å². The van der Waals surface area contributed by atoms with E-state index in [-0.39, 0.29) is 17.3 Å². The Bertz CT molecular complexity index is 866. The Balaban J connectivity index is 1.69. The average Bonchev–Trinajstić information content (AvgIpc) is 2.96. The van der Waals surface area contributed by atoms with E-state index < -0.39 is 9.84 Å². The Labute approximate surface area is 139 Å². The molecule has 0 amide bonds. The van der Waals surface area contributed by atoms with Crippen LogP contribution in [-0.4, -0.2) is 25.9 Å². The standard InChI is InChI=1S/C17H17NO3S2/c19-9-10-23(20,21)16-7-5-14(6-8-16)18-12-15-11-13-3-1-2-4-17(13)22-15/h1-8,11,18-19H,9-10,12H2. The molecule has 120 valence electrons. The van der Waals surface area contributed by atoms with Crippen LogP contribution in [0.15, 0.2) is 59.5 Å². The fourth-order valence-corrected chi connectivity index (χ4v) is 4.36. The molecule has 0 aliphatic carbocycles. The van der Waals surface area contributed by atoms with Gasteiger partial charge in [0.05, 0.1) is 17.3 Å². The van der Waals surface area contributed by atoms with E-state index in [9.17, 15) is 8.42 Å². The van der Waals surface area contributed by atoms with Crippen LogP contribution in [0.4, 0.5) is 5.69 Å². The van der Waals surface area contributed by atoms with Crippen molar-refractivity contribution >= 4 is 36.9 Å². The summed E-state index contributed by atoms with van der Waals surface area (Å²) in [6.07, 6.45) is 0. The Kier molecular flexibility index (Phi) is 4.66. The number of anilines is 1. The van der Waals surface area contributed by atoms with Crippen molar-refractivity contribution in [2.75, 3.05) is 17.7 Å². The molecule has 0 saturated carbocycles. The molecule has 1 aromatic heterocycles. The average molecular weight is 347 g/mol. The van der Waals surface area contributed by atoms with E-state index in [0.29, 0.717) is 6.54 Å². The highest BCUT2D eigenvalue weighted by molar-refractivity contribution is 7.91. The zero-order valence-corrected chi connectivity index (χ0v) is 14.0. The molecule has 3 aromatic rings. The number of aliphatic hydroxyl groups excluding tert-OH is 1. The van der Waals surface area contributed by atoms with E-state index in [0.717, 1.165) is 5.69 Å². The van der Waals surface area contributed by atoms with Crippen LogP contribution in [0.25, 0.3) is 10.1 Å². The van der Waals surface area contributed by atoms with Crippen LogP contribution in [0.1, 0.15) is 4.88 Å². The number of fused-ring (bicyclic) bond motifs is 1. The van der Waals surface area contributed by atoms with E-state index >= 15 is 0 Å². The van der Waals surface area contributed by atoms with Gasteiger partial charge in [0.15, 0.2) is 9.84 Å². The molecule has 0 aliphatic rings. The third kappa shape index (κ3) is 3.72. The zero-order chi connectivity index (χ0) is 16.3. The van der Waals surface area contributed by atoms with Crippen molar-refractivity contribution in [3.63, 3.8) is 0 Å². The first-order valence-electron chi connectivity index (χ1n) is 7.23. The van der Waals surface area contributed by atoms with Gasteiger partial charge >= 0.3 is 0 Å². The minimum atomic E-state index is -3.39. The molecule has 23 heavy (non-hydrogen) atoms. The molecule has 0 bridgehead atoms. The summed E-state index contributed by atoms with van der Waals surface area (Å²) in [4.78, 5) is 1.46. The number of rotatable bonds is 6. The van der Waals surface area contributed by atoms with Crippen LogP contribution in [0.5, 0.6) is 0 Å². The van der Waals surface area contributed by atoms with Gasteiger partial charge in [0.25, 0.3) is 0 Å². The van der Waals surface area contributed by atoms with Crippen molar-refractivity contribution in [3.05, 3.63) is 59.5 Å². The molecule has 1 heterocycles. The predicted molar refractivity (Wildman–Crippen MR) is 94.7 cm³/mol. The van der Waals surface area contributed by atoms with E-state index in [1.54, 1.807) is 35.6 Å². The van der Waals surface area contributed by atoms with Gasteiger partial charge in [-0.2, -0.15) is 0 Å². The molecule has 0 aliphatic heterocycles. The van der Waals surface area contributed by atoms with Gasteiger partial charge in [0.1, 0.15) is 0 Å². The monoisotopic (exact) mass is 347 g/mol. The lowest BCUT2D eigenvalue weighted by atomic mass is 10.2. The summed E-state index contributed by atoms with van der Waals surface area (Å²) >= 11 is 1.74. The Hall–Kier alpha value is -1.89. The van der Waals surface area contributed by atoms with E-state index in [4.69, 9.17) is 5.11 Å². The molecule has 4 nitrogen and oxygen atoms in total. The molecule has 0 unspecified atom stereocenters. The number of nitrogens with one attached hydrogen (secondary N) is 1. The Morgan fingerprint density at radius 3 is 2.48 bits per heavy atom. The van der Waals surface area contributed by atoms with Gasteiger partial charge in [-0.3, -0.25) is 0 Å². The first kappa shape index (κ1) is 16.0. The van der Waals surface area contributed by atoms with Crippen molar-refractivity contribution in [2.45, 2.75) is 11.4 Å². The predicted octanol–water partition coefficient (Wildman–Crippen LogP) is 3.28. The van der Waals surface area contributed by atoms with Crippen molar-refractivity contribution in [3.8, 4) is 0 Å². The maximum atomic E-state index is 11.8. The summed E-state index contributed by atoms with van der Waals surface area (Å²) in [6.45, 7) is 0.330. The first-order chi connectivity index (χ1) is 11.1. The minimum Gasteiger partial charge on any atom is -0.395 e. The second kappa shape index (κ2) is 6.70. The molecule has 0 atom stereocenters. The molecule has 0 radical (unpaired) electrons. The Morgan fingerprint density at radius 1 is 1.04 bits per heavy atom. The van der Waals surface area contributed by atoms with Gasteiger partial charge in [0, 0.05) is 21.8 Å². The second-order valence-electron chi connectivity index (χ2n) is 5.17. The molecule has 3 rings (SSSR count). The number of benzene rings is 2. The van der Waals surface area contributed by atoms with Crippen LogP contribution in [0.3, 0.4) is 0 Å². The SMILES string of the molecule is O=S(=O)(CCO)c1ccc(NCc2cc3ccccc3s2)cc1. The summed E-state index contributed by atoms with van der Waals surface area (Å²) in [5.41, 5.74) is 0.866. The topological polar surface area (TPSA) is 66.4 Å². The molecule has 2 N–H and O–H groups in total. The smallest absolute Gasteiger partial charge is 0.180 e. The molecule has 6 heteroatoms. The second-order valence-corrected chi connectivity index (χ2v) is 8.45. The first-order valence-corrected chi connectivity index (χ1v) is 9.70. The summed E-state index contributed by atoms with van der Waals surface area (Å²) in [5, 5.41) is 13.3. The quantitative estimate of drug-likeness (QED) is 0.718. The molecule has 0 fully saturated rings. The normalized spacial score (nSPS) is 11.7. The minimum absolute atomic E-state index is 0.235. The van der Waals surface area contributed by atoms with Crippen LogP contribution >= 0.6 is 11.3 Å². The maximum absolute atomic E-state index is 11.8. The molecule has 0 saturated heterocycles. The van der Waals surface area contributed by atoms with Gasteiger partial charge < -0.3 is 10.4 Å². The van der Waals surface area contributed by atoms with Gasteiger partial charge in [0.2, 0.25) is 0 Å². The van der Waals surface area contributed by atoms with Crippen molar-refractivity contribution in [2.24, 2.45) is 0 Å². The maximum Gasteiger partial charge on any atom is 0.180 e. The third-order valence-electron chi connectivity index (χ3n) is 3.52. The molecule has 0 spiro atoms. The lowest BCUT2D eigenvalue weighted by Crippen LogP contribution is -2.10. The summed E-state index contributed by atoms with van der Waals surface area (Å²) < 4.78 is 24.9. The Morgan fingerprint density at radius 2 is 1.78 bits per heavy atom. The summed E-state index contributed by atoms with van der Waals surface area (Å²) in [6, 6.07) is 17.0. The summed E-state index contributed by atoms with van der Waals surface area (Å²) in [7, 11) is -3.39. The molecule has 2 aromatic carbocycles. The fourth-order valence-electron chi connectivity index (χ4n) is 2.33. The third-order valence-corrected chi connectivity index (χ3v) is 6.34. The largest absolute Gasteiger partial charge is 0.395 e. The number of thiophene rings is 1. The summed E-state index contributed by atoms with van der Waals surface area (Å²) in [5.74, 6) is -0.248. The fraction of sp³-hybridized carbons (Fsp3) is 0.176. The van der Waals surface area contributed by atoms with Crippen molar-refractivity contribution in [1.82, 2.24) is 0 Å². The van der Waals surface area contributed by atoms with E-state index in [1.165, 1.54) is 15.0 Å². The van der Waals surface area contributed by atoms with E-state index in [2.05, 4.69) is 23.5 Å². The van der Waals surface area contributed by atoms with Crippen molar-refractivity contribution < 1.29 is 13.5 Å². The van der Waals surface area contributed by atoms with E-state index in [1.807, 2.05) is 12.1 Å². The lowest BCUT2D eigenvalue weighted by Gasteiger charge is -2.07. The van der Waals surface area contributed by atoms with Gasteiger partial charge in [-0.05, 0) is 41.8 Å². The highest BCUT2D eigenvalue weighted by Gasteiger charge is 2.13. The van der Waals surface area contributed by atoms with Crippen LogP contribution in [0, 0.1) is 0 Å². The highest BCUT2D eigenvalue weighted by Crippen LogP contribution is 2.26. The van der Waals surface area contributed by atoms with Gasteiger partial charge in [-0.1, -0.05) is 18.2 Å². The van der Waals surface area contributed by atoms with Crippen LogP contribution < -0.4 is 5.32 Å². The van der Waals surface area contributed by atoms with Crippen molar-refractivity contribution in [1.29, 1.82) is 0 Å². The highest BCUT2D eigenvalue weighted by atomic mass is 32.2. The molecular weight excluding hydrogens is 330 g/mol. The molecular formula is C17H17NO3S2. The number of hydrogen-bond donors (Lipinski definition) is 2. The lowest BCUT2D eigenvalue weighted by molar-refractivity contribution is 0.319. The number of aliphatic hydroxyl groups is 1.